The van der Waals surface area contributed by atoms with E-state index in [9.17, 15) is 0 Å². The summed E-state index contributed by atoms with van der Waals surface area (Å²) in [5.74, 6) is 4.19. The molecule has 1 aliphatic carbocycles. The van der Waals surface area contributed by atoms with Gasteiger partial charge in [-0.15, -0.1) is 0 Å². The zero-order chi connectivity index (χ0) is 18.1. The van der Waals surface area contributed by atoms with Gasteiger partial charge in [-0.05, 0) is 61.0 Å². The van der Waals surface area contributed by atoms with E-state index < -0.39 is 0 Å². The zero-order valence-electron chi connectivity index (χ0n) is 14.1. The number of rotatable bonds is 6. The normalized spacial score (nSPS) is 19.2. The summed E-state index contributed by atoms with van der Waals surface area (Å²) in [4.78, 5) is 0. The van der Waals surface area contributed by atoms with E-state index in [-0.39, 0.29) is 6.61 Å². The van der Waals surface area contributed by atoms with E-state index in [4.69, 9.17) is 33.0 Å². The first-order valence-corrected chi connectivity index (χ1v) is 9.07. The van der Waals surface area contributed by atoms with Crippen LogP contribution in [0, 0.1) is 10.7 Å². The maximum Gasteiger partial charge on any atom is 0.216 e. The molecule has 0 unspecified atom stereocenters. The van der Waals surface area contributed by atoms with Crippen molar-refractivity contribution in [1.82, 2.24) is 14.9 Å². The summed E-state index contributed by atoms with van der Waals surface area (Å²) >= 11 is 11.1. The molecule has 1 N–H and O–H groups in total. The van der Waals surface area contributed by atoms with Gasteiger partial charge in [-0.25, -0.2) is 5.10 Å². The minimum Gasteiger partial charge on any atom is -0.486 e. The van der Waals surface area contributed by atoms with Crippen molar-refractivity contribution in [2.75, 3.05) is 0 Å². The van der Waals surface area contributed by atoms with Crippen LogP contribution >= 0.6 is 23.8 Å². The quantitative estimate of drug-likeness (QED) is 0.487. The predicted molar refractivity (Wildman–Crippen MR) is 101 cm³/mol. The summed E-state index contributed by atoms with van der Waals surface area (Å²) < 4.78 is 13.4. The van der Waals surface area contributed by atoms with E-state index in [1.54, 1.807) is 30.5 Å². The smallest absolute Gasteiger partial charge is 0.216 e. The van der Waals surface area contributed by atoms with Crippen LogP contribution in [0.4, 0.5) is 0 Å². The zero-order valence-corrected chi connectivity index (χ0v) is 15.6. The molecule has 2 atom stereocenters. The van der Waals surface area contributed by atoms with Gasteiger partial charge in [0.1, 0.15) is 23.9 Å². The molecule has 1 aromatic carbocycles. The number of hydrogen-bond acceptors (Lipinski definition) is 5. The second-order valence-corrected chi connectivity index (χ2v) is 7.13. The average Bonchev–Trinajstić information content (AvgIpc) is 3.04. The summed E-state index contributed by atoms with van der Waals surface area (Å²) in [6.45, 7) is 2.44. The number of furan rings is 1. The first-order chi connectivity index (χ1) is 12.6. The van der Waals surface area contributed by atoms with Crippen molar-refractivity contribution in [3.63, 3.8) is 0 Å². The first-order valence-electron chi connectivity index (χ1n) is 8.29. The molecule has 0 radical (unpaired) electrons. The number of hydrogen-bond donors (Lipinski definition) is 1. The highest BCUT2D eigenvalue weighted by molar-refractivity contribution is 7.71. The maximum absolute atomic E-state index is 5.87. The Kier molecular flexibility index (Phi) is 4.65. The molecular weight excluding hydrogens is 372 g/mol. The molecule has 8 heteroatoms. The Morgan fingerprint density at radius 3 is 2.88 bits per heavy atom. The second-order valence-electron chi connectivity index (χ2n) is 6.30. The summed E-state index contributed by atoms with van der Waals surface area (Å²) in [5.41, 5.74) is 0. The Morgan fingerprint density at radius 2 is 2.15 bits per heavy atom. The van der Waals surface area contributed by atoms with Crippen molar-refractivity contribution < 1.29 is 9.15 Å². The summed E-state index contributed by atoms with van der Waals surface area (Å²) in [6, 6.07) is 11.0. The van der Waals surface area contributed by atoms with Gasteiger partial charge in [0, 0.05) is 10.9 Å². The van der Waals surface area contributed by atoms with E-state index in [1.165, 1.54) is 11.1 Å². The van der Waals surface area contributed by atoms with Crippen molar-refractivity contribution in [3.8, 4) is 5.75 Å². The molecule has 134 valence electrons. The van der Waals surface area contributed by atoms with E-state index >= 15 is 0 Å². The molecule has 1 fully saturated rings. The molecule has 0 bridgehead atoms. The van der Waals surface area contributed by atoms with Crippen molar-refractivity contribution in [2.24, 2.45) is 11.0 Å². The largest absolute Gasteiger partial charge is 0.486 e. The Hall–Kier alpha value is -2.38. The van der Waals surface area contributed by atoms with Gasteiger partial charge in [-0.1, -0.05) is 18.5 Å². The Bertz CT molecular complexity index is 989. The molecule has 0 amide bonds. The Labute approximate surface area is 160 Å². The molecule has 0 saturated heterocycles. The van der Waals surface area contributed by atoms with Crippen molar-refractivity contribution in [3.05, 3.63) is 63.5 Å². The highest BCUT2D eigenvalue weighted by atomic mass is 35.5. The standard InChI is InChI=1S/C18H17ClN4O2S/c1-11-8-15(11)16-7-6-14(25-16)9-20-23-17(21-22-18(23)26)10-24-13-4-2-12(19)3-5-13/h2-7,9,11,15H,8,10H2,1H3,(H,22,26)/b20-9-/t11-,15+/m0/s1. The van der Waals surface area contributed by atoms with Crippen LogP contribution in [0.2, 0.25) is 5.02 Å². The van der Waals surface area contributed by atoms with Crippen LogP contribution in [-0.2, 0) is 6.61 Å². The van der Waals surface area contributed by atoms with E-state index in [2.05, 4.69) is 22.2 Å². The van der Waals surface area contributed by atoms with Crippen molar-refractivity contribution >= 4 is 30.0 Å². The van der Waals surface area contributed by atoms with Gasteiger partial charge in [0.25, 0.3) is 0 Å². The van der Waals surface area contributed by atoms with Gasteiger partial charge in [0.2, 0.25) is 4.77 Å². The summed E-state index contributed by atoms with van der Waals surface area (Å²) in [5, 5.41) is 11.9. The number of halogens is 1. The summed E-state index contributed by atoms with van der Waals surface area (Å²) in [6.07, 6.45) is 2.82. The lowest BCUT2D eigenvalue weighted by Crippen LogP contribution is -2.04. The van der Waals surface area contributed by atoms with Crippen LogP contribution in [0.5, 0.6) is 5.75 Å². The molecule has 6 nitrogen and oxygen atoms in total. The van der Waals surface area contributed by atoms with E-state index in [0.29, 0.717) is 39.0 Å². The average molecular weight is 389 g/mol. The SMILES string of the molecule is C[C@H]1C[C@H]1c1ccc(/C=N\n2c(COc3ccc(Cl)cc3)n[nH]c2=S)o1. The van der Waals surface area contributed by atoms with Gasteiger partial charge in [-0.2, -0.15) is 14.9 Å². The van der Waals surface area contributed by atoms with Crippen molar-refractivity contribution in [1.29, 1.82) is 0 Å². The van der Waals surface area contributed by atoms with Crippen molar-refractivity contribution in [2.45, 2.75) is 25.9 Å². The van der Waals surface area contributed by atoms with Gasteiger partial charge in [-0.3, -0.25) is 0 Å². The van der Waals surface area contributed by atoms with Gasteiger partial charge in [0.05, 0.1) is 6.21 Å². The Morgan fingerprint density at radius 1 is 1.38 bits per heavy atom. The molecule has 0 aliphatic heterocycles. The number of nitrogens with one attached hydrogen (secondary N) is 1. The maximum atomic E-state index is 5.87. The van der Waals surface area contributed by atoms with Gasteiger partial charge < -0.3 is 9.15 Å². The monoisotopic (exact) mass is 388 g/mol. The molecule has 0 spiro atoms. The number of H-pyrrole nitrogens is 1. The number of aromatic amines is 1. The van der Waals surface area contributed by atoms with Crippen LogP contribution in [0.1, 0.15) is 36.6 Å². The third kappa shape index (κ3) is 3.73. The second kappa shape index (κ2) is 7.09. The van der Waals surface area contributed by atoms with Crippen LogP contribution in [0.3, 0.4) is 0 Å². The molecule has 3 aromatic rings. The van der Waals surface area contributed by atoms with E-state index in [1.807, 2.05) is 12.1 Å². The lowest BCUT2D eigenvalue weighted by molar-refractivity contribution is 0.290. The number of nitrogens with zero attached hydrogens (tertiary/aromatic N) is 3. The topological polar surface area (TPSA) is 68.3 Å². The van der Waals surface area contributed by atoms with Crippen LogP contribution < -0.4 is 4.74 Å². The van der Waals surface area contributed by atoms with E-state index in [0.717, 1.165) is 5.76 Å². The fourth-order valence-electron chi connectivity index (χ4n) is 2.69. The third-order valence-corrected chi connectivity index (χ3v) is 4.84. The van der Waals surface area contributed by atoms with Crippen LogP contribution in [-0.4, -0.2) is 21.1 Å². The van der Waals surface area contributed by atoms with Gasteiger partial charge >= 0.3 is 0 Å². The molecular formula is C18H17ClN4O2S. The fourth-order valence-corrected chi connectivity index (χ4v) is 3.01. The van der Waals surface area contributed by atoms with Crippen LogP contribution in [0.15, 0.2) is 45.9 Å². The highest BCUT2D eigenvalue weighted by Gasteiger charge is 2.36. The first kappa shape index (κ1) is 17.1. The number of benzene rings is 1. The van der Waals surface area contributed by atoms with Gasteiger partial charge in [0.15, 0.2) is 5.82 Å². The lowest BCUT2D eigenvalue weighted by atomic mass is 10.3. The molecule has 4 rings (SSSR count). The highest BCUT2D eigenvalue weighted by Crippen LogP contribution is 2.47. The third-order valence-electron chi connectivity index (χ3n) is 4.32. The Balaban J connectivity index is 1.46. The molecule has 2 aromatic heterocycles. The minimum absolute atomic E-state index is 0.217. The number of aromatic nitrogens is 3. The molecule has 26 heavy (non-hydrogen) atoms. The molecule has 2 heterocycles. The predicted octanol–water partition coefficient (Wildman–Crippen LogP) is 4.77. The minimum atomic E-state index is 0.217. The fraction of sp³-hybridized carbons (Fsp3) is 0.278. The lowest BCUT2D eigenvalue weighted by Gasteiger charge is -2.05. The molecule has 1 aliphatic rings. The molecule has 1 saturated carbocycles. The number of ether oxygens (including phenoxy) is 1. The summed E-state index contributed by atoms with van der Waals surface area (Å²) in [7, 11) is 0. The van der Waals surface area contributed by atoms with Crippen LogP contribution in [0.25, 0.3) is 0 Å².